The van der Waals surface area contributed by atoms with Gasteiger partial charge in [0, 0.05) is 57.4 Å². The molecule has 0 aliphatic carbocycles. The average molecular weight is 673 g/mol. The number of rotatable bonds is 2. The van der Waals surface area contributed by atoms with E-state index >= 15 is 0 Å². The van der Waals surface area contributed by atoms with Crippen LogP contribution in [-0.2, 0) is 0 Å². The summed E-state index contributed by atoms with van der Waals surface area (Å²) in [5.74, 6) is 0. The van der Waals surface area contributed by atoms with Gasteiger partial charge in [-0.05, 0) is 80.0 Å². The maximum atomic E-state index is 6.69. The first kappa shape index (κ1) is 26.9. The molecule has 0 radical (unpaired) electrons. The largest absolute Gasteiger partial charge is 0.452 e. The van der Waals surface area contributed by atoms with Crippen LogP contribution < -0.4 is 0 Å². The lowest BCUT2D eigenvalue weighted by atomic mass is 9.85. The van der Waals surface area contributed by atoms with Crippen LogP contribution in [0.25, 0.3) is 118 Å². The molecule has 0 atom stereocenters. The molecule has 4 heterocycles. The molecule has 0 N–H and O–H groups in total. The minimum atomic E-state index is 0.795. The smallest absolute Gasteiger partial charge is 0.178 e. The number of thiophene rings is 2. The zero-order chi connectivity index (χ0) is 32.5. The fourth-order valence-corrected chi connectivity index (χ4v) is 10.8. The second kappa shape index (κ2) is 9.82. The van der Waals surface area contributed by atoms with Crippen LogP contribution in [0, 0.1) is 0 Å². The zero-order valence-electron chi connectivity index (χ0n) is 26.5. The Balaban J connectivity index is 1.21. The number of benzene rings is 8. The first-order valence-corrected chi connectivity index (χ1v) is 18.5. The summed E-state index contributed by atoms with van der Waals surface area (Å²) in [5.41, 5.74) is 8.32. The normalized spacial score (nSPS) is 12.4. The Kier molecular flexibility index (Phi) is 5.29. The molecule has 232 valence electrons. The fraction of sp³-hybridized carbons (Fsp3) is 0. The van der Waals surface area contributed by atoms with Crippen molar-refractivity contribution in [3.05, 3.63) is 145 Å². The Morgan fingerprint density at radius 1 is 0.360 bits per heavy atom. The van der Waals surface area contributed by atoms with Crippen LogP contribution in [0.3, 0.4) is 0 Å². The Hall–Kier alpha value is -5.94. The predicted molar refractivity (Wildman–Crippen MR) is 215 cm³/mol. The minimum absolute atomic E-state index is 0.795. The Labute approximate surface area is 293 Å². The van der Waals surface area contributed by atoms with E-state index < -0.39 is 0 Å². The van der Waals surface area contributed by atoms with Gasteiger partial charge in [-0.3, -0.25) is 0 Å². The molecule has 50 heavy (non-hydrogen) atoms. The highest BCUT2D eigenvalue weighted by Gasteiger charge is 2.24. The van der Waals surface area contributed by atoms with Crippen molar-refractivity contribution < 1.29 is 8.83 Å². The summed E-state index contributed by atoms with van der Waals surface area (Å²) < 4.78 is 17.1. The zero-order valence-corrected chi connectivity index (χ0v) is 28.1. The Morgan fingerprint density at radius 2 is 0.940 bits per heavy atom. The van der Waals surface area contributed by atoms with Gasteiger partial charge in [-0.15, -0.1) is 22.7 Å². The molecule has 0 saturated heterocycles. The van der Waals surface area contributed by atoms with Crippen molar-refractivity contribution >= 4 is 118 Å². The molecule has 4 heteroatoms. The third-order valence-electron chi connectivity index (χ3n) is 10.6. The number of hydrogen-bond donors (Lipinski definition) is 0. The third kappa shape index (κ3) is 3.46. The lowest BCUT2D eigenvalue weighted by molar-refractivity contribution is 0.633. The molecule has 12 rings (SSSR count). The Morgan fingerprint density at radius 3 is 1.72 bits per heavy atom. The molecule has 0 aliphatic heterocycles. The molecule has 0 fully saturated rings. The SMILES string of the molecule is c1ccc2c(c1)oc1c2ccc2c1oc1cccc(-c3c4ccccc4c(-c4csc5ccc6c7ccccc7sc6c45)c4ccccc34)c12. The van der Waals surface area contributed by atoms with E-state index in [1.807, 2.05) is 34.8 Å². The lowest BCUT2D eigenvalue weighted by Crippen LogP contribution is -1.91. The molecule has 2 nitrogen and oxygen atoms in total. The number of fused-ring (bicyclic) bond motifs is 14. The van der Waals surface area contributed by atoms with E-state index in [4.69, 9.17) is 8.83 Å². The monoisotopic (exact) mass is 672 g/mol. The molecule has 8 aromatic carbocycles. The second-order valence-corrected chi connectivity index (χ2v) is 15.1. The molecular formula is C46H24O2S2. The van der Waals surface area contributed by atoms with E-state index in [1.165, 1.54) is 68.5 Å². The van der Waals surface area contributed by atoms with Crippen LogP contribution in [0.1, 0.15) is 0 Å². The first-order valence-electron chi connectivity index (χ1n) is 16.8. The van der Waals surface area contributed by atoms with E-state index in [1.54, 1.807) is 0 Å². The van der Waals surface area contributed by atoms with Crippen molar-refractivity contribution in [3.63, 3.8) is 0 Å². The molecule has 0 spiro atoms. The summed E-state index contributed by atoms with van der Waals surface area (Å²) in [4.78, 5) is 0. The van der Waals surface area contributed by atoms with Crippen LogP contribution in [0.15, 0.2) is 154 Å². The molecule has 12 aromatic rings. The quantitative estimate of drug-likeness (QED) is 0.171. The molecule has 0 amide bonds. The average Bonchev–Trinajstić information content (AvgIpc) is 3.94. The van der Waals surface area contributed by atoms with E-state index in [-0.39, 0.29) is 0 Å². The van der Waals surface area contributed by atoms with Gasteiger partial charge < -0.3 is 8.83 Å². The summed E-state index contributed by atoms with van der Waals surface area (Å²) in [6.45, 7) is 0. The topological polar surface area (TPSA) is 26.3 Å². The van der Waals surface area contributed by atoms with Crippen molar-refractivity contribution in [2.75, 3.05) is 0 Å². The lowest BCUT2D eigenvalue weighted by Gasteiger charge is -2.18. The molecular weight excluding hydrogens is 649 g/mol. The second-order valence-electron chi connectivity index (χ2n) is 13.1. The summed E-state index contributed by atoms with van der Waals surface area (Å²) in [7, 11) is 0. The van der Waals surface area contributed by atoms with Gasteiger partial charge in [0.1, 0.15) is 11.2 Å². The van der Waals surface area contributed by atoms with Gasteiger partial charge in [-0.1, -0.05) is 103 Å². The van der Waals surface area contributed by atoms with E-state index in [2.05, 4.69) is 133 Å². The Bertz CT molecular complexity index is 3330. The maximum Gasteiger partial charge on any atom is 0.178 e. The molecule has 0 bridgehead atoms. The maximum absolute atomic E-state index is 6.69. The van der Waals surface area contributed by atoms with Gasteiger partial charge >= 0.3 is 0 Å². The van der Waals surface area contributed by atoms with Gasteiger partial charge in [0.2, 0.25) is 0 Å². The van der Waals surface area contributed by atoms with Crippen LogP contribution in [0.2, 0.25) is 0 Å². The summed E-state index contributed by atoms with van der Waals surface area (Å²) in [6, 6.07) is 50.4. The van der Waals surface area contributed by atoms with Crippen molar-refractivity contribution in [3.8, 4) is 22.3 Å². The molecule has 4 aromatic heterocycles. The van der Waals surface area contributed by atoms with Crippen LogP contribution >= 0.6 is 22.7 Å². The highest BCUT2D eigenvalue weighted by Crippen LogP contribution is 2.51. The first-order chi connectivity index (χ1) is 24.8. The van der Waals surface area contributed by atoms with Crippen LogP contribution in [0.4, 0.5) is 0 Å². The van der Waals surface area contributed by atoms with Gasteiger partial charge in [0.15, 0.2) is 11.2 Å². The van der Waals surface area contributed by atoms with Crippen LogP contribution in [-0.4, -0.2) is 0 Å². The van der Waals surface area contributed by atoms with Gasteiger partial charge in [0.25, 0.3) is 0 Å². The number of para-hydroxylation sites is 1. The molecule has 0 unspecified atom stereocenters. The number of furan rings is 2. The van der Waals surface area contributed by atoms with Gasteiger partial charge in [0.05, 0.1) is 0 Å². The van der Waals surface area contributed by atoms with Gasteiger partial charge in [-0.2, -0.15) is 0 Å². The highest BCUT2D eigenvalue weighted by molar-refractivity contribution is 7.27. The molecule has 0 saturated carbocycles. The van der Waals surface area contributed by atoms with Crippen molar-refractivity contribution in [2.45, 2.75) is 0 Å². The van der Waals surface area contributed by atoms with E-state index in [0.29, 0.717) is 0 Å². The van der Waals surface area contributed by atoms with Gasteiger partial charge in [-0.25, -0.2) is 0 Å². The fourth-order valence-electron chi connectivity index (χ4n) is 8.47. The summed E-state index contributed by atoms with van der Waals surface area (Å²) in [5, 5.41) is 15.7. The minimum Gasteiger partial charge on any atom is -0.452 e. The summed E-state index contributed by atoms with van der Waals surface area (Å²) >= 11 is 3.75. The predicted octanol–water partition coefficient (Wildman–Crippen LogP) is 14.7. The number of hydrogen-bond acceptors (Lipinski definition) is 4. The van der Waals surface area contributed by atoms with E-state index in [0.717, 1.165) is 49.4 Å². The third-order valence-corrected chi connectivity index (χ3v) is 12.7. The van der Waals surface area contributed by atoms with Crippen molar-refractivity contribution in [1.82, 2.24) is 0 Å². The molecule has 0 aliphatic rings. The standard InChI is InChI=1S/C46H24O2S2/c1-3-14-29-27(12-1)40(33-16-9-18-37-42(33)34-21-20-31-25-10-5-7-17-36(25)47-44(31)45(34)48-37)28-13-2-4-15-30(28)41(29)35-24-49-39-23-22-32-26-11-6-8-19-38(26)50-46(32)43(35)39/h1-24H. The van der Waals surface area contributed by atoms with Crippen LogP contribution in [0.5, 0.6) is 0 Å². The van der Waals surface area contributed by atoms with Crippen molar-refractivity contribution in [2.24, 2.45) is 0 Å². The highest BCUT2D eigenvalue weighted by atomic mass is 32.1. The van der Waals surface area contributed by atoms with Crippen molar-refractivity contribution in [1.29, 1.82) is 0 Å². The van der Waals surface area contributed by atoms with E-state index in [9.17, 15) is 0 Å². The summed E-state index contributed by atoms with van der Waals surface area (Å²) in [6.07, 6.45) is 0.